The number of aromatic nitrogens is 14. The van der Waals surface area contributed by atoms with Crippen LogP contribution in [0.2, 0.25) is 0 Å². The molecule has 0 aliphatic heterocycles. The maximum absolute atomic E-state index is 9.75. The molecular formula is C60H72B4F16N20O6Pd2. The second-order valence-corrected chi connectivity index (χ2v) is 20.7. The molecule has 8 aromatic heterocycles. The number of carbonyl (C=O) groups is 6. The predicted octanol–water partition coefficient (Wildman–Crippen LogP) is 10.6. The first-order chi connectivity index (χ1) is 49.4. The number of pyridine rings is 4. The summed E-state index contributed by atoms with van der Waals surface area (Å²) in [5.74, 6) is 1.47. The van der Waals surface area contributed by atoms with Crippen LogP contribution in [0.1, 0.15) is 0 Å². The van der Waals surface area contributed by atoms with Crippen LogP contribution in [0.4, 0.5) is 69.1 Å². The monoisotopic (exact) mass is 1730 g/mol. The molecule has 26 nitrogen and oxygen atoms in total. The number of halogens is 16. The van der Waals surface area contributed by atoms with Crippen molar-refractivity contribution in [1.82, 2.24) is 98.9 Å². The molecule has 0 unspecified atom stereocenters. The Hall–Kier alpha value is -11.0. The van der Waals surface area contributed by atoms with Gasteiger partial charge in [0, 0.05) is 134 Å². The summed E-state index contributed by atoms with van der Waals surface area (Å²) in [4.78, 5) is 82.7. The fraction of sp³-hybridized carbons (Fsp3) is 0.200. The van der Waals surface area contributed by atoms with Gasteiger partial charge in [0.05, 0.1) is 35.2 Å². The minimum absolute atomic E-state index is 0. The third-order valence-electron chi connectivity index (χ3n) is 9.97. The molecule has 8 heterocycles. The van der Waals surface area contributed by atoms with E-state index >= 15 is 0 Å². The van der Waals surface area contributed by atoms with Crippen LogP contribution in [0.15, 0.2) is 183 Å². The van der Waals surface area contributed by atoms with Gasteiger partial charge >= 0.3 is 69.9 Å². The van der Waals surface area contributed by atoms with Gasteiger partial charge in [-0.25, -0.2) is 28.7 Å². The summed E-state index contributed by atoms with van der Waals surface area (Å²) >= 11 is 0. The molecule has 108 heavy (non-hydrogen) atoms. The molecule has 0 fully saturated rings. The quantitative estimate of drug-likeness (QED) is 0.0556. The summed E-state index contributed by atoms with van der Waals surface area (Å²) < 4.78 is 163. The zero-order valence-electron chi connectivity index (χ0n) is 59.2. The number of amides is 6. The number of rotatable bonds is 14. The summed E-state index contributed by atoms with van der Waals surface area (Å²) in [6.45, 7) is 0. The predicted molar refractivity (Wildman–Crippen MR) is 369 cm³/mol. The van der Waals surface area contributed by atoms with E-state index in [2.05, 4.69) is 75.0 Å². The van der Waals surface area contributed by atoms with Crippen molar-refractivity contribution < 1.29 is 139 Å². The van der Waals surface area contributed by atoms with E-state index in [9.17, 15) is 97.8 Å². The van der Waals surface area contributed by atoms with E-state index in [1.807, 2.05) is 122 Å². The van der Waals surface area contributed by atoms with Crippen LogP contribution in [0.5, 0.6) is 0 Å². The molecule has 592 valence electrons. The van der Waals surface area contributed by atoms with Gasteiger partial charge in [-0.15, -0.1) is 10.2 Å². The molecule has 0 saturated heterocycles. The Morgan fingerprint density at radius 2 is 0.546 bits per heavy atom. The molecule has 0 spiro atoms. The van der Waals surface area contributed by atoms with Crippen molar-refractivity contribution in [2.75, 3.05) is 84.6 Å². The van der Waals surface area contributed by atoms with Gasteiger partial charge in [0.1, 0.15) is 11.4 Å². The Kier molecular flexibility index (Phi) is 53.1. The minimum Gasteiger partial charge on any atom is -0.418 e. The molecule has 0 radical (unpaired) electrons. The van der Waals surface area contributed by atoms with Gasteiger partial charge in [0.2, 0.25) is 38.5 Å². The van der Waals surface area contributed by atoms with E-state index in [1.165, 1.54) is 29.4 Å². The van der Waals surface area contributed by atoms with Crippen LogP contribution in [0.25, 0.3) is 68.0 Å². The number of benzene rings is 2. The topological polar surface area (TPSA) is 270 Å². The number of hydrogen-bond acceptors (Lipinski definition) is 16. The largest absolute Gasteiger partial charge is 2.00 e. The van der Waals surface area contributed by atoms with Crippen LogP contribution in [-0.2, 0) is 69.6 Å². The average molecular weight is 1730 g/mol. The van der Waals surface area contributed by atoms with Crippen molar-refractivity contribution in [2.24, 2.45) is 0 Å². The van der Waals surface area contributed by atoms with Crippen LogP contribution >= 0.6 is 0 Å². The Labute approximate surface area is 637 Å². The zero-order valence-corrected chi connectivity index (χ0v) is 62.3. The molecule has 2 aromatic carbocycles. The Morgan fingerprint density at radius 3 is 0.769 bits per heavy atom. The Morgan fingerprint density at radius 1 is 0.306 bits per heavy atom. The van der Waals surface area contributed by atoms with Gasteiger partial charge in [-0.2, -0.15) is 10.2 Å². The van der Waals surface area contributed by atoms with Crippen LogP contribution < -0.4 is 0 Å². The molecule has 0 N–H and O–H groups in total. The average Bonchev–Trinajstić information content (AvgIpc) is 1.66. The first-order valence-corrected chi connectivity index (χ1v) is 29.4. The SMILES string of the molecule is CN(C)C=O.CN(C)C=O.CN(C)C=O.CN(C)C=O.CN(C)C=O.CN(C)C=O.F[B-](F)(F)F.F[B-](F)(F)F.F[B-](F)(F)F.F[B-](F)(F)F.[Pd+2].[Pd+2].c1cc(-c2ccncc2)cc(-n2cc(-c3cccc(-n4cccn4)n3)nn2)c1.c1cc(-c2ccncc2)cc(-n2cc(-c3cccc(-n4cccn4)n3)nn2)c1. The summed E-state index contributed by atoms with van der Waals surface area (Å²) in [6, 6.07) is 39.4. The van der Waals surface area contributed by atoms with Crippen molar-refractivity contribution in [1.29, 1.82) is 0 Å². The normalized spacial score (nSPS) is 9.74. The fourth-order valence-electron chi connectivity index (χ4n) is 5.96. The van der Waals surface area contributed by atoms with Gasteiger partial charge in [-0.3, -0.25) is 38.7 Å². The molecule has 0 saturated carbocycles. The van der Waals surface area contributed by atoms with E-state index in [0.29, 0.717) is 11.4 Å². The van der Waals surface area contributed by atoms with Crippen LogP contribution in [0.3, 0.4) is 0 Å². The maximum atomic E-state index is 9.75. The van der Waals surface area contributed by atoms with Gasteiger partial charge in [0.25, 0.3) is 0 Å². The Balaban J connectivity index is -0.000000618. The van der Waals surface area contributed by atoms with Crippen molar-refractivity contribution in [3.05, 3.63) is 183 Å². The third-order valence-corrected chi connectivity index (χ3v) is 9.97. The van der Waals surface area contributed by atoms with Crippen molar-refractivity contribution in [3.8, 4) is 68.0 Å². The van der Waals surface area contributed by atoms with Crippen molar-refractivity contribution in [2.45, 2.75) is 0 Å². The molecule has 10 rings (SSSR count). The van der Waals surface area contributed by atoms with Gasteiger partial charge < -0.3 is 98.5 Å². The van der Waals surface area contributed by atoms with Gasteiger partial charge in [-0.05, 0) is 107 Å². The molecular weight excluding hydrogens is 1660 g/mol. The summed E-state index contributed by atoms with van der Waals surface area (Å²) in [6.07, 6.45) is 22.5. The number of nitrogens with zero attached hydrogens (tertiary/aromatic N) is 20. The summed E-state index contributed by atoms with van der Waals surface area (Å²) in [5.41, 5.74) is 9.12. The minimum atomic E-state index is -6.00. The van der Waals surface area contributed by atoms with E-state index in [4.69, 9.17) is 0 Å². The standard InChI is InChI=1S/2C21H15N7.6C3H7NO.4BF4.2Pd/c2*1-4-17(16-8-11-22-12-9-16)14-18(5-1)28-15-20(25-26-28)19-6-2-7-21(24-19)27-13-3-10-23-27;6*1-4(2)3-5;4*2-1(3,4)5;;/h2*1-15H;6*3H,1-2H3;;;;;;/q;;;;;;;;4*-1;2*+2. The molecule has 0 bridgehead atoms. The molecule has 10 aromatic rings. The number of hydrogen-bond donors (Lipinski definition) is 0. The van der Waals surface area contributed by atoms with E-state index in [0.717, 1.165) is 95.1 Å². The third kappa shape index (κ3) is 57.4. The fourth-order valence-corrected chi connectivity index (χ4v) is 5.96. The maximum Gasteiger partial charge on any atom is 2.00 e. The molecule has 6 amide bonds. The second kappa shape index (κ2) is 55.5. The summed E-state index contributed by atoms with van der Waals surface area (Å²) in [7, 11) is -3.75. The van der Waals surface area contributed by atoms with E-state index < -0.39 is 29.0 Å². The molecule has 0 atom stereocenters. The summed E-state index contributed by atoms with van der Waals surface area (Å²) in [5, 5.41) is 25.6. The smallest absolute Gasteiger partial charge is 0.418 e. The van der Waals surface area contributed by atoms with Gasteiger partial charge in [0.15, 0.2) is 11.6 Å². The zero-order chi connectivity index (χ0) is 81.2. The van der Waals surface area contributed by atoms with Crippen LogP contribution in [0, 0.1) is 0 Å². The second-order valence-electron chi connectivity index (χ2n) is 20.7. The van der Waals surface area contributed by atoms with E-state index in [1.54, 1.807) is 140 Å². The van der Waals surface area contributed by atoms with Crippen molar-refractivity contribution >= 4 is 67.5 Å². The Bertz CT molecular complexity index is 3650. The first-order valence-electron chi connectivity index (χ1n) is 29.4. The number of carbonyl (C=O) groups excluding carboxylic acids is 6. The first kappa shape index (κ1) is 103. The van der Waals surface area contributed by atoms with Crippen LogP contribution in [-0.4, -0.2) is 251 Å². The molecule has 0 aliphatic carbocycles. The molecule has 0 aliphatic rings. The van der Waals surface area contributed by atoms with Crippen molar-refractivity contribution in [3.63, 3.8) is 0 Å². The van der Waals surface area contributed by atoms with Gasteiger partial charge in [-0.1, -0.05) is 46.8 Å². The van der Waals surface area contributed by atoms with E-state index in [-0.39, 0.29) is 40.8 Å². The molecule has 48 heteroatoms.